The van der Waals surface area contributed by atoms with Gasteiger partial charge in [-0.2, -0.15) is 5.26 Å². The fraction of sp³-hybridized carbons (Fsp3) is 0.412. The fourth-order valence-electron chi connectivity index (χ4n) is 2.81. The number of nitrogens with zero attached hydrogens (tertiary/aromatic N) is 4. The number of nitrogens with two attached hydrogens (primary N) is 1. The van der Waals surface area contributed by atoms with Gasteiger partial charge in [-0.3, -0.25) is 0 Å². The number of anilines is 1. The molecule has 1 aliphatic heterocycles. The van der Waals surface area contributed by atoms with E-state index >= 15 is 0 Å². The number of aromatic nitrogens is 3. The van der Waals surface area contributed by atoms with Gasteiger partial charge < -0.3 is 20.5 Å². The van der Waals surface area contributed by atoms with Gasteiger partial charge in [0.1, 0.15) is 22.8 Å². The number of halogens is 1. The summed E-state index contributed by atoms with van der Waals surface area (Å²) in [4.78, 5) is 12.5. The lowest BCUT2D eigenvalue weighted by Crippen LogP contribution is -2.36. The molecular weight excluding hydrogens is 384 g/mol. The van der Waals surface area contributed by atoms with E-state index in [2.05, 4.69) is 31.1 Å². The Labute approximate surface area is 167 Å². The maximum Gasteiger partial charge on any atom is 0.223 e. The van der Waals surface area contributed by atoms with E-state index < -0.39 is 0 Å². The summed E-state index contributed by atoms with van der Waals surface area (Å²) >= 11 is 6.10. The third kappa shape index (κ3) is 4.76. The summed E-state index contributed by atoms with van der Waals surface area (Å²) in [6, 6.07) is 3.45. The largest absolute Gasteiger partial charge is 0.496 e. The average molecular weight is 405 g/mol. The summed E-state index contributed by atoms with van der Waals surface area (Å²) < 4.78 is 11.3. The number of ether oxygens (including phenoxy) is 2. The molecule has 10 nitrogen and oxygen atoms in total. The minimum atomic E-state index is -0.142. The van der Waals surface area contributed by atoms with Crippen LogP contribution in [-0.4, -0.2) is 41.4 Å². The van der Waals surface area contributed by atoms with Crippen molar-refractivity contribution in [1.29, 1.82) is 5.26 Å². The van der Waals surface area contributed by atoms with Gasteiger partial charge in [-0.15, -0.1) is 0 Å². The molecule has 0 aromatic carbocycles. The monoisotopic (exact) mass is 404 g/mol. The van der Waals surface area contributed by atoms with Gasteiger partial charge in [0.15, 0.2) is 5.69 Å². The molecule has 11 heteroatoms. The summed E-state index contributed by atoms with van der Waals surface area (Å²) in [5, 5.41) is 12.3. The Morgan fingerprint density at radius 1 is 1.39 bits per heavy atom. The normalized spacial score (nSPS) is 18.5. The van der Waals surface area contributed by atoms with E-state index in [0.29, 0.717) is 43.4 Å². The lowest BCUT2D eigenvalue weighted by molar-refractivity contribution is 0.290. The van der Waals surface area contributed by atoms with Crippen LogP contribution in [0.3, 0.4) is 0 Å². The van der Waals surface area contributed by atoms with Crippen LogP contribution in [0.4, 0.5) is 5.82 Å². The van der Waals surface area contributed by atoms with E-state index in [0.717, 1.165) is 5.56 Å². The highest BCUT2D eigenvalue weighted by atomic mass is 35.5. The Bertz CT molecular complexity index is 842. The SMILES string of the molecule is COc1cc(Cl)nc(OCCCN)c1C1CC(Nc2cnc(C#N)cn2)NN1. The molecule has 0 saturated carbocycles. The molecular formula is C17H21ClN8O2. The van der Waals surface area contributed by atoms with Crippen molar-refractivity contribution in [2.24, 2.45) is 5.73 Å². The second kappa shape index (κ2) is 9.48. The van der Waals surface area contributed by atoms with Crippen molar-refractivity contribution in [1.82, 2.24) is 25.8 Å². The second-order valence-corrected chi connectivity index (χ2v) is 6.42. The van der Waals surface area contributed by atoms with Gasteiger partial charge in [0.05, 0.1) is 43.9 Å². The number of rotatable bonds is 8. The number of nitrogens with one attached hydrogen (secondary N) is 3. The molecule has 28 heavy (non-hydrogen) atoms. The topological polar surface area (TPSA) is 143 Å². The highest BCUT2D eigenvalue weighted by Crippen LogP contribution is 2.38. The zero-order valence-electron chi connectivity index (χ0n) is 15.3. The first-order valence-corrected chi connectivity index (χ1v) is 9.09. The molecule has 3 rings (SSSR count). The van der Waals surface area contributed by atoms with Crippen LogP contribution in [0.25, 0.3) is 0 Å². The predicted molar refractivity (Wildman–Crippen MR) is 103 cm³/mol. The molecule has 0 amide bonds. The number of nitriles is 1. The van der Waals surface area contributed by atoms with Crippen molar-refractivity contribution in [3.63, 3.8) is 0 Å². The van der Waals surface area contributed by atoms with E-state index in [-0.39, 0.29) is 23.1 Å². The van der Waals surface area contributed by atoms with Gasteiger partial charge in [-0.25, -0.2) is 25.8 Å². The van der Waals surface area contributed by atoms with Gasteiger partial charge in [0, 0.05) is 12.5 Å². The molecule has 1 fully saturated rings. The van der Waals surface area contributed by atoms with Crippen molar-refractivity contribution in [3.05, 3.63) is 34.9 Å². The van der Waals surface area contributed by atoms with Crippen LogP contribution >= 0.6 is 11.6 Å². The quantitative estimate of drug-likeness (QED) is 0.373. The number of hydrazine groups is 1. The van der Waals surface area contributed by atoms with Crippen LogP contribution < -0.4 is 31.4 Å². The zero-order chi connectivity index (χ0) is 19.9. The van der Waals surface area contributed by atoms with E-state index in [1.54, 1.807) is 13.2 Å². The number of pyridine rings is 1. The first-order valence-electron chi connectivity index (χ1n) is 8.71. The summed E-state index contributed by atoms with van der Waals surface area (Å²) in [6.07, 6.45) is 4.14. The number of hydrogen-bond donors (Lipinski definition) is 4. The van der Waals surface area contributed by atoms with Crippen molar-refractivity contribution in [2.75, 3.05) is 25.6 Å². The average Bonchev–Trinajstić information content (AvgIpc) is 3.16. The van der Waals surface area contributed by atoms with Crippen LogP contribution in [-0.2, 0) is 0 Å². The van der Waals surface area contributed by atoms with E-state index in [4.69, 9.17) is 32.1 Å². The molecule has 2 aromatic rings. The minimum absolute atomic E-state index is 0.135. The fourth-order valence-corrected chi connectivity index (χ4v) is 2.99. The lowest BCUT2D eigenvalue weighted by Gasteiger charge is -2.18. The van der Waals surface area contributed by atoms with E-state index in [1.165, 1.54) is 12.4 Å². The minimum Gasteiger partial charge on any atom is -0.496 e. The molecule has 0 bridgehead atoms. The van der Waals surface area contributed by atoms with E-state index in [9.17, 15) is 0 Å². The number of methoxy groups -OCH3 is 1. The summed E-state index contributed by atoms with van der Waals surface area (Å²) in [5.41, 5.74) is 12.9. The Balaban J connectivity index is 1.74. The Kier molecular flexibility index (Phi) is 6.78. The first kappa shape index (κ1) is 20.0. The van der Waals surface area contributed by atoms with Crippen LogP contribution in [0.15, 0.2) is 18.5 Å². The van der Waals surface area contributed by atoms with Gasteiger partial charge >= 0.3 is 0 Å². The number of hydrogen-bond acceptors (Lipinski definition) is 10. The molecule has 2 unspecified atom stereocenters. The van der Waals surface area contributed by atoms with Crippen LogP contribution in [0, 0.1) is 11.3 Å². The molecule has 2 atom stereocenters. The van der Waals surface area contributed by atoms with Crippen molar-refractivity contribution < 1.29 is 9.47 Å². The third-order valence-corrected chi connectivity index (χ3v) is 4.30. The van der Waals surface area contributed by atoms with Crippen LogP contribution in [0.5, 0.6) is 11.6 Å². The van der Waals surface area contributed by atoms with Gasteiger partial charge in [0.25, 0.3) is 0 Å². The molecule has 3 heterocycles. The van der Waals surface area contributed by atoms with Crippen molar-refractivity contribution in [2.45, 2.75) is 25.0 Å². The van der Waals surface area contributed by atoms with E-state index in [1.807, 2.05) is 6.07 Å². The summed E-state index contributed by atoms with van der Waals surface area (Å²) in [7, 11) is 1.57. The van der Waals surface area contributed by atoms with Crippen molar-refractivity contribution >= 4 is 17.4 Å². The molecule has 0 spiro atoms. The highest BCUT2D eigenvalue weighted by molar-refractivity contribution is 6.29. The molecule has 1 aliphatic rings. The maximum atomic E-state index is 8.80. The highest BCUT2D eigenvalue weighted by Gasteiger charge is 2.31. The molecule has 2 aromatic heterocycles. The molecule has 5 N–H and O–H groups in total. The second-order valence-electron chi connectivity index (χ2n) is 6.03. The zero-order valence-corrected chi connectivity index (χ0v) is 16.0. The Hall–Kier alpha value is -2.71. The lowest BCUT2D eigenvalue weighted by atomic mass is 10.0. The van der Waals surface area contributed by atoms with Crippen molar-refractivity contribution in [3.8, 4) is 17.7 Å². The standard InChI is InChI=1S/C17H21ClN8O2/c1-27-12-6-13(18)23-17(28-4-2-3-19)16(12)11-5-14(26-25-11)24-15-9-21-10(7-20)8-22-15/h6,8-9,11,14,25-26H,2-5,19H2,1H3,(H,22,24). The van der Waals surface area contributed by atoms with Gasteiger partial charge in [-0.05, 0) is 13.0 Å². The van der Waals surface area contributed by atoms with Gasteiger partial charge in [-0.1, -0.05) is 11.6 Å². The van der Waals surface area contributed by atoms with Gasteiger partial charge in [0.2, 0.25) is 5.88 Å². The molecule has 148 valence electrons. The molecule has 0 aliphatic carbocycles. The molecule has 1 saturated heterocycles. The predicted octanol–water partition coefficient (Wildman–Crippen LogP) is 1.11. The Morgan fingerprint density at radius 3 is 2.93 bits per heavy atom. The smallest absolute Gasteiger partial charge is 0.223 e. The van der Waals surface area contributed by atoms with Crippen LogP contribution in [0.1, 0.15) is 30.1 Å². The first-order chi connectivity index (χ1) is 13.6. The van der Waals surface area contributed by atoms with Crippen LogP contribution in [0.2, 0.25) is 5.15 Å². The maximum absolute atomic E-state index is 8.80. The third-order valence-electron chi connectivity index (χ3n) is 4.10. The Morgan fingerprint density at radius 2 is 2.25 bits per heavy atom. The summed E-state index contributed by atoms with van der Waals surface area (Å²) in [6.45, 7) is 0.955. The molecule has 0 radical (unpaired) electrons. The summed E-state index contributed by atoms with van der Waals surface area (Å²) in [5.74, 6) is 1.55.